The van der Waals surface area contributed by atoms with Gasteiger partial charge >= 0.3 is 6.18 Å². The maximum atomic E-state index is 15.7. The number of rotatable bonds is 15. The summed E-state index contributed by atoms with van der Waals surface area (Å²) in [7, 11) is 13.0. The Kier molecular flexibility index (Phi) is 32.2. The highest BCUT2D eigenvalue weighted by molar-refractivity contribution is 6.21. The molecule has 0 aromatic heterocycles. The second kappa shape index (κ2) is 38.7. The molecule has 29 heteroatoms. The van der Waals surface area contributed by atoms with Crippen LogP contribution in [0.25, 0.3) is 0 Å². The van der Waals surface area contributed by atoms with Crippen molar-refractivity contribution >= 4 is 82.5 Å². The summed E-state index contributed by atoms with van der Waals surface area (Å²) in [6.45, 7) is 15.6. The molecule has 3 heterocycles. The molecule has 105 heavy (non-hydrogen) atoms. The minimum atomic E-state index is -4.52. The van der Waals surface area contributed by atoms with E-state index in [0.29, 0.717) is 44.6 Å². The quantitative estimate of drug-likeness (QED) is 0.129. The SMILES string of the molecule is CC[C@H](C)[C@@H]1NC(=O)[C@H](CC(C)C)N(C)C(=O)C[C@@H](C(=O)N(C)C)N(C)C(=O)[C@H]([C@@H](C)CC)N(C)C(=O)C2(CCCC2)NC(=O)[C@H](CCC2CCCNC2)N(C)C(=O)[C@H](CCC2CCC(C(F)(F)F)C(Cl)C2)NC(=O)CN(C)C(=O)[C@H](CC2CCC(C)CC2)N(C)C(=O)[C@@H]2CCN2C(=O)[C@H](C)N(C)C1=O. The monoisotopic (exact) mass is 1510 g/mol. The molecule has 3 aliphatic heterocycles. The first-order valence-electron chi connectivity index (χ1n) is 38.9. The lowest BCUT2D eigenvalue weighted by Gasteiger charge is -2.45. The van der Waals surface area contributed by atoms with E-state index in [2.05, 4.69) is 28.2 Å². The van der Waals surface area contributed by atoms with Crippen molar-refractivity contribution < 1.29 is 70.7 Å². The van der Waals surface area contributed by atoms with Crippen LogP contribution in [0, 0.1) is 47.3 Å². The molecule has 25 nitrogen and oxygen atoms in total. The van der Waals surface area contributed by atoms with E-state index in [9.17, 15) is 46.7 Å². The number of halogens is 4. The number of carbonyl (C=O) groups is 12. The number of alkyl halides is 4. The van der Waals surface area contributed by atoms with Gasteiger partial charge in [0.1, 0.15) is 59.9 Å². The van der Waals surface area contributed by atoms with Crippen LogP contribution < -0.4 is 21.3 Å². The van der Waals surface area contributed by atoms with Gasteiger partial charge in [-0.05, 0) is 151 Å². The second-order valence-electron chi connectivity index (χ2n) is 32.7. The summed E-state index contributed by atoms with van der Waals surface area (Å²) in [5, 5.41) is 11.1. The van der Waals surface area contributed by atoms with Crippen molar-refractivity contribution in [3.8, 4) is 0 Å². The largest absolute Gasteiger partial charge is 0.393 e. The first-order chi connectivity index (χ1) is 49.2. The number of amides is 12. The fourth-order valence-electron chi connectivity index (χ4n) is 16.7. The maximum absolute atomic E-state index is 15.7. The van der Waals surface area contributed by atoms with Crippen LogP contribution >= 0.6 is 11.6 Å². The summed E-state index contributed by atoms with van der Waals surface area (Å²) in [6, 6.07) is -11.1. The molecule has 15 atom stereocenters. The van der Waals surface area contributed by atoms with Gasteiger partial charge in [0.25, 0.3) is 0 Å². The zero-order valence-electron chi connectivity index (χ0n) is 65.9. The predicted octanol–water partition coefficient (Wildman–Crippen LogP) is 6.42. The minimum Gasteiger partial charge on any atom is -0.347 e. The Hall–Kier alpha value is -6.32. The smallest absolute Gasteiger partial charge is 0.347 e. The van der Waals surface area contributed by atoms with Crippen molar-refractivity contribution in [3.05, 3.63) is 0 Å². The minimum absolute atomic E-state index is 0.00943. The van der Waals surface area contributed by atoms with Gasteiger partial charge in [-0.15, -0.1) is 11.6 Å². The molecular weight excluding hydrogens is 1380 g/mol. The van der Waals surface area contributed by atoms with Crippen LogP contribution in [0.1, 0.15) is 203 Å². The first kappa shape index (κ1) is 87.6. The van der Waals surface area contributed by atoms with Crippen LogP contribution in [0.4, 0.5) is 13.2 Å². The Labute approximate surface area is 627 Å². The van der Waals surface area contributed by atoms with Gasteiger partial charge in [0.15, 0.2) is 0 Å². The van der Waals surface area contributed by atoms with E-state index in [1.807, 2.05) is 27.7 Å². The fraction of sp³-hybridized carbons (Fsp3) is 0.842. The zero-order valence-corrected chi connectivity index (χ0v) is 66.7. The van der Waals surface area contributed by atoms with E-state index >= 15 is 24.0 Å². The lowest BCUT2D eigenvalue weighted by atomic mass is 9.78. The van der Waals surface area contributed by atoms with Gasteiger partial charge in [0.05, 0.1) is 18.9 Å². The maximum Gasteiger partial charge on any atom is 0.393 e. The molecule has 6 fully saturated rings. The lowest BCUT2D eigenvalue weighted by Crippen LogP contribution is -2.65. The van der Waals surface area contributed by atoms with Crippen LogP contribution in [0.15, 0.2) is 0 Å². The molecule has 6 rings (SSSR count). The zero-order chi connectivity index (χ0) is 78.4. The standard InChI is InChI=1S/C76H127ClF3N13O12/c1-18-47(6)63-72(103)87(12)49(8)67(98)93-38-34-57(93)71(102)90(15)59(41-51-26-24-46(5)25-27-51)70(101)86(11)44-61(94)82-55(32-29-50-28-31-53(54(77)40-50)76(78,79)80)68(99)89(14)56(33-30-52-23-22-37-81-43-52)66(97)84-75(35-20-21-36-75)74(105)92(17)64(48(7)19-2)73(104)91(16)60(69(100)85(9)10)42-62(95)88(13)58(39-45(3)4)65(96)83-63/h45-60,63-64,81H,18-44H2,1-17H3,(H,82,94)(H,83,96)(H,84,97)/t46?,47-,48-,49-,50?,51?,52?,53?,54?,55-,56-,57-,58-,59-,60-,63-,64-/m0/s1. The average Bonchev–Trinajstić information content (AvgIpc) is 1.70. The number of nitrogens with zero attached hydrogens (tertiary/aromatic N) is 9. The molecule has 4 unspecified atom stereocenters. The van der Waals surface area contributed by atoms with E-state index < -0.39 is 173 Å². The number of piperidine rings is 1. The number of carbonyl (C=O) groups excluding carboxylic acids is 12. The van der Waals surface area contributed by atoms with Crippen molar-refractivity contribution in [2.24, 2.45) is 47.3 Å². The Morgan fingerprint density at radius 1 is 0.619 bits per heavy atom. The van der Waals surface area contributed by atoms with Crippen molar-refractivity contribution in [2.45, 2.75) is 275 Å². The summed E-state index contributed by atoms with van der Waals surface area (Å²) in [6.07, 6.45) is 3.07. The van der Waals surface area contributed by atoms with E-state index in [1.165, 1.54) is 110 Å². The van der Waals surface area contributed by atoms with Gasteiger partial charge in [-0.3, -0.25) is 57.5 Å². The highest BCUT2D eigenvalue weighted by Gasteiger charge is 2.52. The van der Waals surface area contributed by atoms with E-state index in [-0.39, 0.29) is 101 Å². The molecule has 0 aromatic carbocycles. The van der Waals surface area contributed by atoms with Crippen LogP contribution in [-0.2, 0) is 57.5 Å². The Morgan fingerprint density at radius 2 is 1.23 bits per heavy atom. The van der Waals surface area contributed by atoms with Crippen molar-refractivity contribution in [1.82, 2.24) is 65.4 Å². The molecule has 6 aliphatic rings. The number of fused-ring (bicyclic) bond motifs is 1. The first-order valence-corrected chi connectivity index (χ1v) is 39.3. The summed E-state index contributed by atoms with van der Waals surface area (Å²) in [5.74, 6) is -10.6. The van der Waals surface area contributed by atoms with Crippen LogP contribution in [-0.4, -0.2) is 276 Å². The average molecular weight is 1510 g/mol. The molecule has 4 N–H and O–H groups in total. The van der Waals surface area contributed by atoms with Crippen molar-refractivity contribution in [1.29, 1.82) is 0 Å². The van der Waals surface area contributed by atoms with Crippen LogP contribution in [0.5, 0.6) is 0 Å². The number of hydrogen-bond donors (Lipinski definition) is 4. The highest BCUT2D eigenvalue weighted by atomic mass is 35.5. The molecule has 596 valence electrons. The van der Waals surface area contributed by atoms with E-state index in [0.717, 1.165) is 50.0 Å². The molecule has 0 aromatic rings. The molecule has 3 saturated heterocycles. The third kappa shape index (κ3) is 22.0. The summed E-state index contributed by atoms with van der Waals surface area (Å²) >= 11 is 6.47. The fourth-order valence-corrected chi connectivity index (χ4v) is 17.2. The molecule has 0 bridgehead atoms. The number of hydrogen-bond acceptors (Lipinski definition) is 13. The van der Waals surface area contributed by atoms with E-state index in [4.69, 9.17) is 11.6 Å². The van der Waals surface area contributed by atoms with Crippen LogP contribution in [0.3, 0.4) is 0 Å². The van der Waals surface area contributed by atoms with Gasteiger partial charge in [-0.25, -0.2) is 0 Å². The summed E-state index contributed by atoms with van der Waals surface area (Å²) in [5.41, 5.74) is -1.61. The Morgan fingerprint density at radius 3 is 1.78 bits per heavy atom. The summed E-state index contributed by atoms with van der Waals surface area (Å²) < 4.78 is 42.4. The molecule has 3 saturated carbocycles. The Balaban J connectivity index is 1.47. The summed E-state index contributed by atoms with van der Waals surface area (Å²) in [4.78, 5) is 193. The molecule has 0 radical (unpaired) electrons. The predicted molar refractivity (Wildman–Crippen MR) is 394 cm³/mol. The topological polar surface area (TPSA) is 282 Å². The lowest BCUT2D eigenvalue weighted by molar-refractivity contribution is -0.182. The van der Waals surface area contributed by atoms with Gasteiger partial charge in [0.2, 0.25) is 70.9 Å². The Bertz CT molecular complexity index is 3040. The second-order valence-corrected chi connectivity index (χ2v) is 33.3. The number of nitrogens with one attached hydrogen (secondary N) is 4. The molecule has 1 spiro atoms. The van der Waals surface area contributed by atoms with Crippen molar-refractivity contribution in [3.63, 3.8) is 0 Å². The van der Waals surface area contributed by atoms with Crippen molar-refractivity contribution in [2.75, 3.05) is 89.6 Å². The molecule has 12 amide bonds. The normalized spacial score (nSPS) is 31.7. The van der Waals surface area contributed by atoms with Gasteiger partial charge in [-0.1, -0.05) is 99.8 Å². The van der Waals surface area contributed by atoms with Crippen LogP contribution in [0.2, 0.25) is 0 Å². The van der Waals surface area contributed by atoms with Gasteiger partial charge in [-0.2, -0.15) is 13.2 Å². The van der Waals surface area contributed by atoms with E-state index in [1.54, 1.807) is 13.8 Å². The molecule has 3 aliphatic carbocycles. The number of likely N-dealkylation sites (N-methyl/N-ethyl adjacent to an activating group) is 8. The van der Waals surface area contributed by atoms with Gasteiger partial charge in [0, 0.05) is 75.4 Å². The molecular formula is C76H127ClF3N13O12. The third-order valence-corrected chi connectivity index (χ3v) is 25.0. The third-order valence-electron chi connectivity index (χ3n) is 24.5. The highest BCUT2D eigenvalue weighted by Crippen LogP contribution is 2.44. The van der Waals surface area contributed by atoms with Gasteiger partial charge < -0.3 is 65.4 Å².